The third kappa shape index (κ3) is 5.42. The largest absolute Gasteiger partial charge is 0.495 e. The number of nitrogens with zero attached hydrogens (tertiary/aromatic N) is 1. The molecule has 0 saturated carbocycles. The lowest BCUT2D eigenvalue weighted by Crippen LogP contribution is -2.48. The molecule has 0 fully saturated rings. The maximum Gasteiger partial charge on any atom is 0.244 e. The van der Waals surface area contributed by atoms with Crippen molar-refractivity contribution in [1.29, 1.82) is 0 Å². The van der Waals surface area contributed by atoms with Crippen LogP contribution in [-0.2, 0) is 14.8 Å². The van der Waals surface area contributed by atoms with Crippen LogP contribution in [0.25, 0.3) is 0 Å². The molecule has 2 rings (SSSR count). The summed E-state index contributed by atoms with van der Waals surface area (Å²) in [5, 5.41) is 3.18. The number of hydrogen-bond acceptors (Lipinski definition) is 4. The highest BCUT2D eigenvalue weighted by Gasteiger charge is 2.30. The van der Waals surface area contributed by atoms with Crippen LogP contribution in [0, 0.1) is 13.8 Å². The summed E-state index contributed by atoms with van der Waals surface area (Å²) in [5.74, 6) is 0.0142. The lowest BCUT2D eigenvalue weighted by molar-refractivity contribution is -0.122. The Bertz CT molecular complexity index is 1010. The number of halogens is 1. The van der Waals surface area contributed by atoms with E-state index in [4.69, 9.17) is 16.3 Å². The van der Waals surface area contributed by atoms with Crippen LogP contribution in [0.15, 0.2) is 36.4 Å². The van der Waals surface area contributed by atoms with E-state index in [-0.39, 0.29) is 11.1 Å². The van der Waals surface area contributed by atoms with E-state index < -0.39 is 22.0 Å². The zero-order valence-corrected chi connectivity index (χ0v) is 19.1. The molecule has 0 aliphatic heterocycles. The number of ether oxygens (including phenoxy) is 1. The Morgan fingerprint density at radius 1 is 1.14 bits per heavy atom. The molecule has 0 aliphatic rings. The van der Waals surface area contributed by atoms with Gasteiger partial charge in [-0.3, -0.25) is 9.10 Å². The molecule has 0 bridgehead atoms. The lowest BCUT2D eigenvalue weighted by atomic mass is 10.00. The van der Waals surface area contributed by atoms with Crippen molar-refractivity contribution < 1.29 is 17.9 Å². The SMILES string of the molecule is COc1ccc(N([C@@H](C)C(=O)N[C@@H](C)c2cc(C)ccc2C)S(C)(=O)=O)cc1Cl. The van der Waals surface area contributed by atoms with E-state index in [1.54, 1.807) is 19.1 Å². The van der Waals surface area contributed by atoms with Crippen molar-refractivity contribution in [2.24, 2.45) is 0 Å². The smallest absolute Gasteiger partial charge is 0.244 e. The molecule has 1 N–H and O–H groups in total. The highest BCUT2D eigenvalue weighted by molar-refractivity contribution is 7.92. The molecule has 2 atom stereocenters. The minimum Gasteiger partial charge on any atom is -0.495 e. The second kappa shape index (κ2) is 9.05. The van der Waals surface area contributed by atoms with E-state index >= 15 is 0 Å². The summed E-state index contributed by atoms with van der Waals surface area (Å²) in [7, 11) is -2.27. The fourth-order valence-corrected chi connectivity index (χ4v) is 4.66. The number of carbonyl (C=O) groups excluding carboxylic acids is 1. The molecule has 0 unspecified atom stereocenters. The van der Waals surface area contributed by atoms with Gasteiger partial charge in [0.2, 0.25) is 15.9 Å². The van der Waals surface area contributed by atoms with Gasteiger partial charge in [0, 0.05) is 0 Å². The fourth-order valence-electron chi connectivity index (χ4n) is 3.24. The average Bonchev–Trinajstić information content (AvgIpc) is 2.62. The molecule has 0 aliphatic carbocycles. The molecule has 8 heteroatoms. The van der Waals surface area contributed by atoms with Crippen molar-refractivity contribution in [3.63, 3.8) is 0 Å². The van der Waals surface area contributed by atoms with Gasteiger partial charge in [-0.2, -0.15) is 0 Å². The van der Waals surface area contributed by atoms with Gasteiger partial charge >= 0.3 is 0 Å². The third-order valence-electron chi connectivity index (χ3n) is 4.74. The molecule has 158 valence electrons. The topological polar surface area (TPSA) is 75.7 Å². The number of benzene rings is 2. The molecule has 0 spiro atoms. The number of sulfonamides is 1. The van der Waals surface area contributed by atoms with E-state index in [1.165, 1.54) is 13.2 Å². The van der Waals surface area contributed by atoms with Crippen LogP contribution in [0.3, 0.4) is 0 Å². The first-order valence-corrected chi connectivity index (χ1v) is 11.4. The third-order valence-corrected chi connectivity index (χ3v) is 6.28. The first-order valence-electron chi connectivity index (χ1n) is 9.16. The second-order valence-corrected chi connectivity index (χ2v) is 9.41. The van der Waals surface area contributed by atoms with Crippen molar-refractivity contribution >= 4 is 33.2 Å². The normalized spacial score (nSPS) is 13.5. The molecule has 6 nitrogen and oxygen atoms in total. The van der Waals surface area contributed by atoms with Crippen molar-refractivity contribution in [2.45, 2.75) is 39.8 Å². The Morgan fingerprint density at radius 3 is 2.34 bits per heavy atom. The van der Waals surface area contributed by atoms with Crippen LogP contribution < -0.4 is 14.4 Å². The van der Waals surface area contributed by atoms with Crippen LogP contribution in [0.2, 0.25) is 5.02 Å². The molecule has 0 saturated heterocycles. The van der Waals surface area contributed by atoms with Gasteiger partial charge in [-0.1, -0.05) is 35.4 Å². The highest BCUT2D eigenvalue weighted by atomic mass is 35.5. The van der Waals surface area contributed by atoms with E-state index in [0.29, 0.717) is 11.4 Å². The molecular formula is C21H27ClN2O4S. The molecule has 29 heavy (non-hydrogen) atoms. The molecular weight excluding hydrogens is 412 g/mol. The molecule has 2 aromatic rings. The van der Waals surface area contributed by atoms with E-state index in [1.807, 2.05) is 39.0 Å². The number of hydrogen-bond donors (Lipinski definition) is 1. The Hall–Kier alpha value is -2.25. The first kappa shape index (κ1) is 23.0. The van der Waals surface area contributed by atoms with Crippen LogP contribution >= 0.6 is 11.6 Å². The minimum atomic E-state index is -3.74. The lowest BCUT2D eigenvalue weighted by Gasteiger charge is -2.30. The quantitative estimate of drug-likeness (QED) is 0.708. The average molecular weight is 439 g/mol. The Balaban J connectivity index is 2.32. The summed E-state index contributed by atoms with van der Waals surface area (Å²) >= 11 is 6.16. The molecule has 0 heterocycles. The van der Waals surface area contributed by atoms with Gasteiger partial charge in [-0.15, -0.1) is 0 Å². The first-order chi connectivity index (χ1) is 13.5. The van der Waals surface area contributed by atoms with Crippen molar-refractivity contribution in [1.82, 2.24) is 5.32 Å². The minimum absolute atomic E-state index is 0.259. The summed E-state index contributed by atoms with van der Waals surface area (Å²) in [6, 6.07) is 9.38. The number of aryl methyl sites for hydroxylation is 2. The number of amides is 1. The Morgan fingerprint density at radius 2 is 1.79 bits per heavy atom. The van der Waals surface area contributed by atoms with E-state index in [2.05, 4.69) is 5.32 Å². The van der Waals surface area contributed by atoms with Crippen LogP contribution in [0.1, 0.15) is 36.6 Å². The number of anilines is 1. The van der Waals surface area contributed by atoms with Crippen LogP contribution in [0.5, 0.6) is 5.75 Å². The maximum atomic E-state index is 12.9. The molecule has 0 aromatic heterocycles. The summed E-state index contributed by atoms with van der Waals surface area (Å²) in [6.07, 6.45) is 1.06. The number of carbonyl (C=O) groups is 1. The van der Waals surface area contributed by atoms with Gasteiger partial charge in [0.05, 0.1) is 30.1 Å². The summed E-state index contributed by atoms with van der Waals surface area (Å²) < 4.78 is 31.1. The second-order valence-electron chi connectivity index (χ2n) is 7.14. The van der Waals surface area contributed by atoms with Gasteiger partial charge in [0.25, 0.3) is 0 Å². The summed E-state index contributed by atoms with van der Waals surface area (Å²) in [6.45, 7) is 7.38. The standard InChI is InChI=1S/C21H27ClN2O4S/c1-13-7-8-14(2)18(11-13)15(3)23-21(25)16(4)24(29(6,26)27)17-9-10-20(28-5)19(22)12-17/h7-12,15-16H,1-6H3,(H,23,25)/t15-,16-/m0/s1. The van der Waals surface area contributed by atoms with Gasteiger partial charge in [0.15, 0.2) is 0 Å². The zero-order chi connectivity index (χ0) is 21.9. The van der Waals surface area contributed by atoms with E-state index in [9.17, 15) is 13.2 Å². The summed E-state index contributed by atoms with van der Waals surface area (Å²) in [5.41, 5.74) is 3.42. The van der Waals surface area contributed by atoms with Crippen molar-refractivity contribution in [3.05, 3.63) is 58.1 Å². The van der Waals surface area contributed by atoms with Gasteiger partial charge in [-0.05, 0) is 57.0 Å². The molecule has 0 radical (unpaired) electrons. The van der Waals surface area contributed by atoms with Gasteiger partial charge in [-0.25, -0.2) is 8.42 Å². The maximum absolute atomic E-state index is 12.9. The fraction of sp³-hybridized carbons (Fsp3) is 0.381. The van der Waals surface area contributed by atoms with Crippen LogP contribution in [0.4, 0.5) is 5.69 Å². The Kier molecular flexibility index (Phi) is 7.19. The molecule has 2 aromatic carbocycles. The van der Waals surface area contributed by atoms with Gasteiger partial charge in [0.1, 0.15) is 11.8 Å². The van der Waals surface area contributed by atoms with E-state index in [0.717, 1.165) is 27.3 Å². The number of nitrogens with one attached hydrogen (secondary N) is 1. The van der Waals surface area contributed by atoms with Gasteiger partial charge < -0.3 is 10.1 Å². The monoisotopic (exact) mass is 438 g/mol. The van der Waals surface area contributed by atoms with Crippen molar-refractivity contribution in [3.8, 4) is 5.75 Å². The van der Waals surface area contributed by atoms with Crippen molar-refractivity contribution in [2.75, 3.05) is 17.7 Å². The Labute approximate surface area is 177 Å². The summed E-state index contributed by atoms with van der Waals surface area (Å²) in [4.78, 5) is 12.9. The number of methoxy groups -OCH3 is 1. The predicted molar refractivity (Wildman–Crippen MR) is 117 cm³/mol. The molecule has 1 amide bonds. The number of rotatable bonds is 7. The highest BCUT2D eigenvalue weighted by Crippen LogP contribution is 2.31. The predicted octanol–water partition coefficient (Wildman–Crippen LogP) is 4.00. The van der Waals surface area contributed by atoms with Crippen LogP contribution in [-0.4, -0.2) is 33.7 Å². The zero-order valence-electron chi connectivity index (χ0n) is 17.5.